The topological polar surface area (TPSA) is 28.2 Å². The normalized spacial score (nSPS) is 17.4. The Bertz CT molecular complexity index is 392. The highest BCUT2D eigenvalue weighted by Crippen LogP contribution is 2.29. The number of halogens is 3. The van der Waals surface area contributed by atoms with Crippen LogP contribution in [-0.2, 0) is 0 Å². The van der Waals surface area contributed by atoms with Crippen LogP contribution in [0.5, 0.6) is 0 Å². The summed E-state index contributed by atoms with van der Waals surface area (Å²) in [5, 5.41) is 3.21. The number of rotatable bonds is 5. The minimum atomic E-state index is -4.12. The van der Waals surface area contributed by atoms with E-state index >= 15 is 0 Å². The molecule has 1 aromatic rings. The van der Waals surface area contributed by atoms with Crippen LogP contribution in [0.4, 0.5) is 18.9 Å². The van der Waals surface area contributed by atoms with Gasteiger partial charge in [0.15, 0.2) is 0 Å². The number of anilines is 1. The van der Waals surface area contributed by atoms with Crippen molar-refractivity contribution in [2.45, 2.75) is 24.4 Å². The van der Waals surface area contributed by atoms with Gasteiger partial charge in [-0.1, -0.05) is 0 Å². The number of thioether (sulfide) groups is 1. The molecule has 0 amide bonds. The molecule has 0 radical (unpaired) electrons. The van der Waals surface area contributed by atoms with Gasteiger partial charge in [-0.3, -0.25) is 4.98 Å². The molecule has 2 heterocycles. The van der Waals surface area contributed by atoms with Crippen molar-refractivity contribution in [3.63, 3.8) is 0 Å². The Balaban J connectivity index is 1.65. The average Bonchev–Trinajstić information content (AvgIpc) is 2.44. The first-order chi connectivity index (χ1) is 9.54. The summed E-state index contributed by atoms with van der Waals surface area (Å²) in [6.07, 6.45) is 5.46. The number of piperidine rings is 1. The molecule has 1 saturated heterocycles. The number of aromatic nitrogens is 1. The number of alkyl halides is 3. The number of pyridine rings is 1. The number of nitrogens with zero attached hydrogens (tertiary/aromatic N) is 2. The highest BCUT2D eigenvalue weighted by molar-refractivity contribution is 8.00. The zero-order valence-electron chi connectivity index (χ0n) is 11.1. The third-order valence-electron chi connectivity index (χ3n) is 3.32. The number of hydrogen-bond donors (Lipinski definition) is 1. The molecule has 0 spiro atoms. The van der Waals surface area contributed by atoms with Gasteiger partial charge < -0.3 is 10.2 Å². The zero-order chi connectivity index (χ0) is 14.4. The molecule has 0 aliphatic carbocycles. The molecule has 3 nitrogen and oxygen atoms in total. The molecule has 1 aromatic heterocycles. The van der Waals surface area contributed by atoms with Gasteiger partial charge in [0.25, 0.3) is 0 Å². The summed E-state index contributed by atoms with van der Waals surface area (Å²) < 4.78 is 36.0. The van der Waals surface area contributed by atoms with Gasteiger partial charge in [0.05, 0.1) is 0 Å². The van der Waals surface area contributed by atoms with Crippen LogP contribution in [0.15, 0.2) is 24.5 Å². The number of hydrogen-bond acceptors (Lipinski definition) is 4. The molecule has 1 fully saturated rings. The lowest BCUT2D eigenvalue weighted by molar-refractivity contribution is -0.0327. The highest BCUT2D eigenvalue weighted by Gasteiger charge is 2.27. The van der Waals surface area contributed by atoms with Crippen molar-refractivity contribution in [1.29, 1.82) is 0 Å². The Hall–Kier alpha value is -0.950. The van der Waals surface area contributed by atoms with E-state index in [0.29, 0.717) is 12.6 Å². The zero-order valence-corrected chi connectivity index (χ0v) is 11.9. The van der Waals surface area contributed by atoms with Crippen LogP contribution in [-0.4, -0.2) is 41.9 Å². The number of nitrogens with one attached hydrogen (secondary N) is 1. The van der Waals surface area contributed by atoms with E-state index in [0.717, 1.165) is 31.6 Å². The summed E-state index contributed by atoms with van der Waals surface area (Å²) in [6, 6.07) is 4.28. The van der Waals surface area contributed by atoms with E-state index in [1.807, 2.05) is 12.1 Å². The smallest absolute Gasteiger partial charge is 0.371 e. The molecule has 0 atom stereocenters. The summed E-state index contributed by atoms with van der Waals surface area (Å²) in [5.74, 6) is 0.0774. The maximum absolute atomic E-state index is 12.0. The maximum atomic E-state index is 12.0. The molecule has 20 heavy (non-hydrogen) atoms. The van der Waals surface area contributed by atoms with Crippen LogP contribution in [0.1, 0.15) is 12.8 Å². The molecule has 0 bridgehead atoms. The largest absolute Gasteiger partial charge is 0.441 e. The molecular formula is C13H18F3N3S. The van der Waals surface area contributed by atoms with Gasteiger partial charge in [0.2, 0.25) is 0 Å². The average molecular weight is 305 g/mol. The lowest BCUT2D eigenvalue weighted by Crippen LogP contribution is -2.43. The van der Waals surface area contributed by atoms with Crippen LogP contribution in [0.2, 0.25) is 0 Å². The van der Waals surface area contributed by atoms with Gasteiger partial charge in [-0.25, -0.2) is 0 Å². The third-order valence-corrected chi connectivity index (χ3v) is 4.06. The Labute approximate surface area is 120 Å². The van der Waals surface area contributed by atoms with Gasteiger partial charge in [-0.05, 0) is 36.7 Å². The lowest BCUT2D eigenvalue weighted by atomic mass is 10.0. The Morgan fingerprint density at radius 3 is 2.50 bits per heavy atom. The first-order valence-corrected chi connectivity index (χ1v) is 7.62. The predicted molar refractivity (Wildman–Crippen MR) is 76.0 cm³/mol. The fourth-order valence-electron chi connectivity index (χ4n) is 2.33. The Kier molecular flexibility index (Phi) is 5.54. The van der Waals surface area contributed by atoms with E-state index in [9.17, 15) is 13.2 Å². The molecule has 0 saturated carbocycles. The van der Waals surface area contributed by atoms with Crippen LogP contribution in [0, 0.1) is 0 Å². The van der Waals surface area contributed by atoms with Crippen LogP contribution in [0.3, 0.4) is 0 Å². The van der Waals surface area contributed by atoms with Crippen LogP contribution >= 0.6 is 11.8 Å². The van der Waals surface area contributed by atoms with Crippen molar-refractivity contribution < 1.29 is 13.2 Å². The highest BCUT2D eigenvalue weighted by atomic mass is 32.2. The van der Waals surface area contributed by atoms with Gasteiger partial charge in [0.1, 0.15) is 0 Å². The first-order valence-electron chi connectivity index (χ1n) is 6.63. The van der Waals surface area contributed by atoms with E-state index in [4.69, 9.17) is 0 Å². The van der Waals surface area contributed by atoms with Gasteiger partial charge >= 0.3 is 5.51 Å². The molecule has 1 aliphatic heterocycles. The second kappa shape index (κ2) is 7.17. The second-order valence-corrected chi connectivity index (χ2v) is 5.87. The fraction of sp³-hybridized carbons (Fsp3) is 0.615. The standard InChI is InChI=1S/C13H18F3N3S/c14-13(15,16)20-10-7-18-11-3-8-19(9-4-11)12-1-5-17-6-2-12/h1-2,5-6,11,18H,3-4,7-10H2. The summed E-state index contributed by atoms with van der Waals surface area (Å²) >= 11 is 0.0397. The quantitative estimate of drug-likeness (QED) is 0.847. The predicted octanol–water partition coefficient (Wildman–Crippen LogP) is 2.89. The summed E-state index contributed by atoms with van der Waals surface area (Å²) in [7, 11) is 0. The Morgan fingerprint density at radius 2 is 1.90 bits per heavy atom. The van der Waals surface area contributed by atoms with Crippen molar-refractivity contribution in [1.82, 2.24) is 10.3 Å². The molecule has 0 aromatic carbocycles. The molecule has 2 rings (SSSR count). The fourth-order valence-corrected chi connectivity index (χ4v) is 2.78. The van der Waals surface area contributed by atoms with Gasteiger partial charge in [0, 0.05) is 49.5 Å². The molecule has 1 N–H and O–H groups in total. The second-order valence-electron chi connectivity index (χ2n) is 4.72. The van der Waals surface area contributed by atoms with E-state index in [2.05, 4.69) is 15.2 Å². The van der Waals surface area contributed by atoms with Crippen molar-refractivity contribution in [3.8, 4) is 0 Å². The molecule has 0 unspecified atom stereocenters. The van der Waals surface area contributed by atoms with Gasteiger partial charge in [-0.15, -0.1) is 0 Å². The monoisotopic (exact) mass is 305 g/mol. The molecule has 7 heteroatoms. The summed E-state index contributed by atoms with van der Waals surface area (Å²) in [5.41, 5.74) is -2.96. The van der Waals surface area contributed by atoms with Gasteiger partial charge in [-0.2, -0.15) is 13.2 Å². The SMILES string of the molecule is FC(F)(F)SCCNC1CCN(c2ccncc2)CC1. The lowest BCUT2D eigenvalue weighted by Gasteiger charge is -2.34. The minimum Gasteiger partial charge on any atom is -0.371 e. The van der Waals surface area contributed by atoms with Crippen molar-refractivity contribution in [3.05, 3.63) is 24.5 Å². The van der Waals surface area contributed by atoms with Crippen LogP contribution < -0.4 is 10.2 Å². The van der Waals surface area contributed by atoms with E-state index < -0.39 is 5.51 Å². The van der Waals surface area contributed by atoms with E-state index in [-0.39, 0.29) is 17.5 Å². The van der Waals surface area contributed by atoms with Crippen LogP contribution in [0.25, 0.3) is 0 Å². The van der Waals surface area contributed by atoms with Crippen molar-refractivity contribution >= 4 is 17.4 Å². The molecule has 112 valence electrons. The molecule has 1 aliphatic rings. The van der Waals surface area contributed by atoms with Crippen molar-refractivity contribution in [2.75, 3.05) is 30.3 Å². The maximum Gasteiger partial charge on any atom is 0.441 e. The van der Waals surface area contributed by atoms with E-state index in [1.54, 1.807) is 12.4 Å². The minimum absolute atomic E-state index is 0.0397. The van der Waals surface area contributed by atoms with E-state index in [1.165, 1.54) is 0 Å². The summed E-state index contributed by atoms with van der Waals surface area (Å²) in [4.78, 5) is 6.27. The molecular weight excluding hydrogens is 287 g/mol. The third kappa shape index (κ3) is 5.20. The summed E-state index contributed by atoms with van der Waals surface area (Å²) in [6.45, 7) is 2.26. The Morgan fingerprint density at radius 1 is 1.25 bits per heavy atom. The first kappa shape index (κ1) is 15.4. The van der Waals surface area contributed by atoms with Crippen molar-refractivity contribution in [2.24, 2.45) is 0 Å².